The SMILES string of the molecule is Cc1ccc(S(=O)(=O)Oc2ccc(C(C)(C)C)cc2Cl)cc1. The van der Waals surface area contributed by atoms with E-state index in [4.69, 9.17) is 15.8 Å². The second-order valence-corrected chi connectivity index (χ2v) is 8.20. The number of halogens is 1. The third-order valence-corrected chi connectivity index (χ3v) is 4.85. The molecule has 0 radical (unpaired) electrons. The first kappa shape index (κ1) is 16.8. The summed E-state index contributed by atoms with van der Waals surface area (Å²) in [7, 11) is -3.89. The van der Waals surface area contributed by atoms with E-state index in [9.17, 15) is 8.42 Å². The van der Waals surface area contributed by atoms with Gasteiger partial charge in [0, 0.05) is 0 Å². The van der Waals surface area contributed by atoms with Crippen LogP contribution < -0.4 is 4.18 Å². The van der Waals surface area contributed by atoms with Crippen molar-refractivity contribution < 1.29 is 12.6 Å². The number of rotatable bonds is 3. The summed E-state index contributed by atoms with van der Waals surface area (Å²) in [6, 6.07) is 11.6. The molecular weight excluding hydrogens is 320 g/mol. The monoisotopic (exact) mass is 338 g/mol. The summed E-state index contributed by atoms with van der Waals surface area (Å²) >= 11 is 6.16. The van der Waals surface area contributed by atoms with E-state index >= 15 is 0 Å². The Morgan fingerprint density at radius 3 is 2.09 bits per heavy atom. The molecular formula is C17H19ClO3S. The molecule has 0 aromatic heterocycles. The van der Waals surface area contributed by atoms with E-state index in [0.717, 1.165) is 11.1 Å². The van der Waals surface area contributed by atoms with Crippen LogP contribution in [0.4, 0.5) is 0 Å². The highest BCUT2D eigenvalue weighted by atomic mass is 35.5. The minimum Gasteiger partial charge on any atom is -0.377 e. The molecule has 0 amide bonds. The Balaban J connectivity index is 2.32. The maximum atomic E-state index is 12.3. The van der Waals surface area contributed by atoms with Crippen molar-refractivity contribution in [2.24, 2.45) is 0 Å². The Labute approximate surface area is 137 Å². The van der Waals surface area contributed by atoms with Crippen LogP contribution in [0.2, 0.25) is 5.02 Å². The van der Waals surface area contributed by atoms with Gasteiger partial charge in [0.15, 0.2) is 5.75 Å². The minimum absolute atomic E-state index is 0.0714. The van der Waals surface area contributed by atoms with Gasteiger partial charge in [-0.2, -0.15) is 8.42 Å². The van der Waals surface area contributed by atoms with Gasteiger partial charge in [0.05, 0.1) is 5.02 Å². The highest BCUT2D eigenvalue weighted by molar-refractivity contribution is 7.87. The van der Waals surface area contributed by atoms with E-state index in [1.807, 2.05) is 13.0 Å². The van der Waals surface area contributed by atoms with E-state index in [0.29, 0.717) is 0 Å². The number of benzene rings is 2. The van der Waals surface area contributed by atoms with Gasteiger partial charge < -0.3 is 4.18 Å². The van der Waals surface area contributed by atoms with Crippen LogP contribution in [0, 0.1) is 6.92 Å². The van der Waals surface area contributed by atoms with Gasteiger partial charge in [0.25, 0.3) is 0 Å². The largest absolute Gasteiger partial charge is 0.377 e. The molecule has 5 heteroatoms. The molecule has 0 bridgehead atoms. The molecule has 0 fully saturated rings. The zero-order chi connectivity index (χ0) is 16.5. The highest BCUT2D eigenvalue weighted by Crippen LogP contribution is 2.32. The molecule has 0 atom stereocenters. The molecule has 118 valence electrons. The summed E-state index contributed by atoms with van der Waals surface area (Å²) in [6.07, 6.45) is 0. The predicted octanol–water partition coefficient (Wildman–Crippen LogP) is 4.71. The average molecular weight is 339 g/mol. The Morgan fingerprint density at radius 1 is 1.00 bits per heavy atom. The normalized spacial score (nSPS) is 12.2. The number of hydrogen-bond donors (Lipinski definition) is 0. The number of aryl methyl sites for hydroxylation is 1. The van der Waals surface area contributed by atoms with Crippen LogP contribution in [0.25, 0.3) is 0 Å². The van der Waals surface area contributed by atoms with Crippen molar-refractivity contribution in [2.75, 3.05) is 0 Å². The first-order chi connectivity index (χ1) is 10.1. The van der Waals surface area contributed by atoms with Gasteiger partial charge in [0.1, 0.15) is 4.90 Å². The lowest BCUT2D eigenvalue weighted by molar-refractivity contribution is 0.485. The van der Waals surface area contributed by atoms with Crippen molar-refractivity contribution in [3.63, 3.8) is 0 Å². The molecule has 0 aliphatic rings. The Bertz CT molecular complexity index is 773. The summed E-state index contributed by atoms with van der Waals surface area (Å²) < 4.78 is 29.7. The molecule has 0 N–H and O–H groups in total. The van der Waals surface area contributed by atoms with E-state index in [2.05, 4.69) is 20.8 Å². The van der Waals surface area contributed by atoms with E-state index < -0.39 is 10.1 Å². The maximum Gasteiger partial charge on any atom is 0.339 e. The molecule has 0 saturated heterocycles. The second kappa shape index (κ2) is 5.94. The van der Waals surface area contributed by atoms with E-state index in [-0.39, 0.29) is 21.1 Å². The van der Waals surface area contributed by atoms with Crippen molar-refractivity contribution in [3.05, 3.63) is 58.6 Å². The molecule has 2 aromatic rings. The zero-order valence-corrected chi connectivity index (χ0v) is 14.6. The fourth-order valence-corrected chi connectivity index (χ4v) is 3.12. The second-order valence-electron chi connectivity index (χ2n) is 6.25. The van der Waals surface area contributed by atoms with Crippen molar-refractivity contribution in [3.8, 4) is 5.75 Å². The third kappa shape index (κ3) is 3.81. The lowest BCUT2D eigenvalue weighted by Gasteiger charge is -2.20. The van der Waals surface area contributed by atoms with Crippen LogP contribution in [0.15, 0.2) is 47.4 Å². The summed E-state index contributed by atoms with van der Waals surface area (Å²) in [5.74, 6) is 0.134. The molecule has 2 aromatic carbocycles. The molecule has 0 heterocycles. The van der Waals surface area contributed by atoms with Crippen LogP contribution in [-0.2, 0) is 15.5 Å². The zero-order valence-electron chi connectivity index (χ0n) is 13.1. The highest BCUT2D eigenvalue weighted by Gasteiger charge is 2.20. The summed E-state index contributed by atoms with van der Waals surface area (Å²) in [6.45, 7) is 8.06. The van der Waals surface area contributed by atoms with Gasteiger partial charge >= 0.3 is 10.1 Å². The minimum atomic E-state index is -3.89. The molecule has 0 aliphatic carbocycles. The van der Waals surface area contributed by atoms with Gasteiger partial charge in [-0.25, -0.2) is 0 Å². The Kier molecular flexibility index (Phi) is 4.54. The quantitative estimate of drug-likeness (QED) is 0.761. The van der Waals surface area contributed by atoms with Gasteiger partial charge in [-0.05, 0) is 42.2 Å². The first-order valence-electron chi connectivity index (χ1n) is 6.91. The van der Waals surface area contributed by atoms with E-state index in [1.165, 1.54) is 12.1 Å². The third-order valence-electron chi connectivity index (χ3n) is 3.31. The molecule has 0 aliphatic heterocycles. The lowest BCUT2D eigenvalue weighted by atomic mass is 9.87. The lowest BCUT2D eigenvalue weighted by Crippen LogP contribution is -2.12. The van der Waals surface area contributed by atoms with E-state index in [1.54, 1.807) is 24.3 Å². The number of hydrogen-bond acceptors (Lipinski definition) is 3. The Hall–Kier alpha value is -1.52. The average Bonchev–Trinajstić information content (AvgIpc) is 2.40. The summed E-state index contributed by atoms with van der Waals surface area (Å²) in [4.78, 5) is 0.106. The van der Waals surface area contributed by atoms with Crippen molar-refractivity contribution in [1.29, 1.82) is 0 Å². The summed E-state index contributed by atoms with van der Waals surface area (Å²) in [5, 5.41) is 0.281. The van der Waals surface area contributed by atoms with Gasteiger partial charge in [0.2, 0.25) is 0 Å². The van der Waals surface area contributed by atoms with Crippen molar-refractivity contribution in [1.82, 2.24) is 0 Å². The van der Waals surface area contributed by atoms with Gasteiger partial charge in [-0.1, -0.05) is 56.1 Å². The smallest absolute Gasteiger partial charge is 0.339 e. The first-order valence-corrected chi connectivity index (χ1v) is 8.69. The van der Waals surface area contributed by atoms with Crippen LogP contribution in [0.5, 0.6) is 5.75 Å². The topological polar surface area (TPSA) is 43.4 Å². The van der Waals surface area contributed by atoms with Crippen LogP contribution in [0.3, 0.4) is 0 Å². The fourth-order valence-electron chi connectivity index (χ4n) is 1.91. The molecule has 0 saturated carbocycles. The Morgan fingerprint density at radius 2 is 1.59 bits per heavy atom. The molecule has 3 nitrogen and oxygen atoms in total. The van der Waals surface area contributed by atoms with Crippen LogP contribution >= 0.6 is 11.6 Å². The van der Waals surface area contributed by atoms with Crippen LogP contribution in [0.1, 0.15) is 31.9 Å². The fraction of sp³-hybridized carbons (Fsp3) is 0.294. The van der Waals surface area contributed by atoms with Crippen molar-refractivity contribution >= 4 is 21.7 Å². The molecule has 0 unspecified atom stereocenters. The molecule has 0 spiro atoms. The van der Waals surface area contributed by atoms with Crippen molar-refractivity contribution in [2.45, 2.75) is 38.0 Å². The van der Waals surface area contributed by atoms with Crippen LogP contribution in [-0.4, -0.2) is 8.42 Å². The molecule has 2 rings (SSSR count). The predicted molar refractivity (Wildman–Crippen MR) is 89.1 cm³/mol. The maximum absolute atomic E-state index is 12.3. The summed E-state index contributed by atoms with van der Waals surface area (Å²) in [5.41, 5.74) is 1.92. The van der Waals surface area contributed by atoms with Gasteiger partial charge in [-0.3, -0.25) is 0 Å². The standard InChI is InChI=1S/C17H19ClO3S/c1-12-5-8-14(9-6-12)22(19,20)21-16-10-7-13(11-15(16)18)17(2,3)4/h5-11H,1-4H3. The van der Waals surface area contributed by atoms with Gasteiger partial charge in [-0.15, -0.1) is 0 Å². The molecule has 22 heavy (non-hydrogen) atoms.